The maximum atomic E-state index is 9.34. The Morgan fingerprint density at radius 2 is 1.94 bits per heavy atom. The summed E-state index contributed by atoms with van der Waals surface area (Å²) in [6, 6.07) is 2.61. The lowest BCUT2D eigenvalue weighted by molar-refractivity contribution is 0.181. The Morgan fingerprint density at radius 3 is 2.31 bits per heavy atom. The molecule has 2 unspecified atom stereocenters. The molecule has 16 heavy (non-hydrogen) atoms. The predicted molar refractivity (Wildman–Crippen MR) is 71.1 cm³/mol. The lowest BCUT2D eigenvalue weighted by Crippen LogP contribution is -2.31. The molecule has 1 aromatic rings. The van der Waals surface area contributed by atoms with E-state index in [0.717, 1.165) is 0 Å². The third kappa shape index (κ3) is 3.58. The summed E-state index contributed by atoms with van der Waals surface area (Å²) in [5.41, 5.74) is 1.39. The van der Waals surface area contributed by atoms with E-state index in [2.05, 4.69) is 39.1 Å². The summed E-state index contributed by atoms with van der Waals surface area (Å²) < 4.78 is 0. The van der Waals surface area contributed by atoms with Gasteiger partial charge < -0.3 is 10.4 Å². The number of rotatable bonds is 5. The van der Waals surface area contributed by atoms with Gasteiger partial charge in [-0.25, -0.2) is 0 Å². The Balaban J connectivity index is 2.81. The van der Waals surface area contributed by atoms with Crippen LogP contribution in [0.15, 0.2) is 6.07 Å². The minimum atomic E-state index is -0.290. The minimum Gasteiger partial charge on any atom is -0.392 e. The second-order valence-corrected chi connectivity index (χ2v) is 6.31. The van der Waals surface area contributed by atoms with E-state index in [1.54, 1.807) is 0 Å². The summed E-state index contributed by atoms with van der Waals surface area (Å²) in [5, 5.41) is 12.8. The van der Waals surface area contributed by atoms with Crippen LogP contribution >= 0.6 is 11.3 Å². The van der Waals surface area contributed by atoms with Gasteiger partial charge in [-0.15, -0.1) is 11.3 Å². The summed E-state index contributed by atoms with van der Waals surface area (Å²) >= 11 is 1.85. The number of nitrogens with one attached hydrogen (secondary N) is 1. The van der Waals surface area contributed by atoms with E-state index >= 15 is 0 Å². The van der Waals surface area contributed by atoms with Crippen molar-refractivity contribution in [2.24, 2.45) is 5.92 Å². The Bertz CT molecular complexity index is 331. The van der Waals surface area contributed by atoms with Gasteiger partial charge in [0, 0.05) is 22.3 Å². The van der Waals surface area contributed by atoms with Gasteiger partial charge in [0.05, 0.1) is 6.10 Å². The molecule has 0 amide bonds. The van der Waals surface area contributed by atoms with E-state index in [1.165, 1.54) is 15.3 Å². The van der Waals surface area contributed by atoms with Crippen molar-refractivity contribution >= 4 is 11.3 Å². The molecule has 1 rings (SSSR count). The fourth-order valence-corrected chi connectivity index (χ4v) is 2.93. The van der Waals surface area contributed by atoms with Crippen molar-refractivity contribution < 1.29 is 5.11 Å². The molecule has 3 heteroatoms. The van der Waals surface area contributed by atoms with Gasteiger partial charge in [0.25, 0.3) is 0 Å². The van der Waals surface area contributed by atoms with Crippen molar-refractivity contribution in [3.8, 4) is 0 Å². The molecule has 0 bridgehead atoms. The maximum absolute atomic E-state index is 9.34. The van der Waals surface area contributed by atoms with Gasteiger partial charge in [-0.3, -0.25) is 0 Å². The quantitative estimate of drug-likeness (QED) is 0.830. The van der Waals surface area contributed by atoms with E-state index in [1.807, 2.05) is 18.3 Å². The molecule has 92 valence electrons. The largest absolute Gasteiger partial charge is 0.392 e. The summed E-state index contributed by atoms with van der Waals surface area (Å²) in [7, 11) is 0. The van der Waals surface area contributed by atoms with Crippen molar-refractivity contribution in [3.63, 3.8) is 0 Å². The third-order valence-electron chi connectivity index (χ3n) is 2.71. The zero-order valence-electron chi connectivity index (χ0n) is 10.9. The summed E-state index contributed by atoms with van der Waals surface area (Å²) in [6.45, 7) is 11.2. The van der Waals surface area contributed by atoms with Gasteiger partial charge >= 0.3 is 0 Å². The van der Waals surface area contributed by atoms with E-state index in [0.29, 0.717) is 18.5 Å². The second-order valence-electron chi connectivity index (χ2n) is 4.85. The standard InChI is InChI=1S/C13H23NOS/c1-8(2)13(14-7-9(3)15)12-6-10(4)16-11(12)5/h6,8-9,13-15H,7H2,1-5H3. The van der Waals surface area contributed by atoms with Crippen molar-refractivity contribution in [2.75, 3.05) is 6.54 Å². The molecule has 0 fully saturated rings. The van der Waals surface area contributed by atoms with Gasteiger partial charge in [0.1, 0.15) is 0 Å². The number of hydrogen-bond donors (Lipinski definition) is 2. The van der Waals surface area contributed by atoms with E-state index in [9.17, 15) is 5.11 Å². The summed E-state index contributed by atoms with van der Waals surface area (Å²) in [6.07, 6.45) is -0.290. The zero-order valence-corrected chi connectivity index (χ0v) is 11.7. The van der Waals surface area contributed by atoms with Crippen molar-refractivity contribution in [2.45, 2.75) is 46.8 Å². The summed E-state index contributed by atoms with van der Waals surface area (Å²) in [5.74, 6) is 0.534. The molecule has 0 spiro atoms. The first-order valence-corrected chi connectivity index (χ1v) is 6.71. The lowest BCUT2D eigenvalue weighted by Gasteiger charge is -2.23. The fraction of sp³-hybridized carbons (Fsp3) is 0.692. The molecule has 1 heterocycles. The van der Waals surface area contributed by atoms with Crippen LogP contribution in [0.4, 0.5) is 0 Å². The number of aliphatic hydroxyl groups is 1. The van der Waals surface area contributed by atoms with Crippen LogP contribution in [0.3, 0.4) is 0 Å². The molecule has 2 nitrogen and oxygen atoms in total. The van der Waals surface area contributed by atoms with Crippen LogP contribution in [0, 0.1) is 19.8 Å². The molecular formula is C13H23NOS. The highest BCUT2D eigenvalue weighted by Crippen LogP contribution is 2.30. The molecule has 0 aromatic carbocycles. The van der Waals surface area contributed by atoms with E-state index in [4.69, 9.17) is 0 Å². The zero-order chi connectivity index (χ0) is 12.3. The van der Waals surface area contributed by atoms with Gasteiger partial charge in [-0.2, -0.15) is 0 Å². The van der Waals surface area contributed by atoms with E-state index in [-0.39, 0.29) is 6.10 Å². The Morgan fingerprint density at radius 1 is 1.31 bits per heavy atom. The minimum absolute atomic E-state index is 0.290. The number of aliphatic hydroxyl groups excluding tert-OH is 1. The van der Waals surface area contributed by atoms with Crippen molar-refractivity contribution in [1.29, 1.82) is 0 Å². The topological polar surface area (TPSA) is 32.3 Å². The van der Waals surface area contributed by atoms with Gasteiger partial charge in [-0.1, -0.05) is 13.8 Å². The second kappa shape index (κ2) is 5.80. The van der Waals surface area contributed by atoms with Crippen molar-refractivity contribution in [1.82, 2.24) is 5.32 Å². The molecule has 0 aliphatic carbocycles. The molecular weight excluding hydrogens is 218 g/mol. The van der Waals surface area contributed by atoms with E-state index < -0.39 is 0 Å². The SMILES string of the molecule is Cc1cc(C(NCC(C)O)C(C)C)c(C)s1. The highest BCUT2D eigenvalue weighted by atomic mass is 32.1. The van der Waals surface area contributed by atoms with Gasteiger partial charge in [0.15, 0.2) is 0 Å². The van der Waals surface area contributed by atoms with Crippen LogP contribution in [0.2, 0.25) is 0 Å². The molecule has 1 aromatic heterocycles. The molecule has 0 aliphatic rings. The average Bonchev–Trinajstić information content (AvgIpc) is 2.45. The lowest BCUT2D eigenvalue weighted by atomic mass is 9.96. The van der Waals surface area contributed by atoms with Crippen LogP contribution in [-0.2, 0) is 0 Å². The van der Waals surface area contributed by atoms with Crippen LogP contribution in [0.1, 0.15) is 42.1 Å². The molecule has 0 saturated carbocycles. The van der Waals surface area contributed by atoms with Crippen LogP contribution < -0.4 is 5.32 Å². The Kier molecular flexibility index (Phi) is 4.96. The van der Waals surface area contributed by atoms with Gasteiger partial charge in [-0.05, 0) is 38.3 Å². The normalized spacial score (nSPS) is 15.4. The Labute approximate surface area is 103 Å². The average molecular weight is 241 g/mol. The smallest absolute Gasteiger partial charge is 0.0636 e. The first kappa shape index (κ1) is 13.7. The summed E-state index contributed by atoms with van der Waals surface area (Å²) in [4.78, 5) is 2.74. The molecule has 0 aliphatic heterocycles. The molecule has 2 N–H and O–H groups in total. The fourth-order valence-electron chi connectivity index (χ4n) is 1.96. The monoisotopic (exact) mass is 241 g/mol. The van der Waals surface area contributed by atoms with Crippen LogP contribution in [0.5, 0.6) is 0 Å². The third-order valence-corrected chi connectivity index (χ3v) is 3.70. The highest BCUT2D eigenvalue weighted by Gasteiger charge is 2.19. The maximum Gasteiger partial charge on any atom is 0.0636 e. The number of aryl methyl sites for hydroxylation is 2. The predicted octanol–water partition coefficient (Wildman–Crippen LogP) is 3.03. The van der Waals surface area contributed by atoms with Crippen LogP contribution in [-0.4, -0.2) is 17.8 Å². The van der Waals surface area contributed by atoms with Crippen molar-refractivity contribution in [3.05, 3.63) is 21.4 Å². The molecule has 0 saturated heterocycles. The molecule has 2 atom stereocenters. The number of hydrogen-bond acceptors (Lipinski definition) is 3. The molecule has 0 radical (unpaired) electrons. The van der Waals surface area contributed by atoms with Gasteiger partial charge in [0.2, 0.25) is 0 Å². The highest BCUT2D eigenvalue weighted by molar-refractivity contribution is 7.12. The first-order chi connectivity index (χ1) is 7.41. The Hall–Kier alpha value is -0.380. The van der Waals surface area contributed by atoms with Crippen LogP contribution in [0.25, 0.3) is 0 Å². The first-order valence-electron chi connectivity index (χ1n) is 5.90. The number of thiophene rings is 1.